The van der Waals surface area contributed by atoms with Crippen molar-refractivity contribution in [1.82, 2.24) is 9.80 Å². The molecule has 0 aromatic heterocycles. The van der Waals surface area contributed by atoms with Crippen molar-refractivity contribution in [3.63, 3.8) is 0 Å². The molecule has 3 atom stereocenters. The number of hydrogen-bond donors (Lipinski definition) is 1. The third kappa shape index (κ3) is 1.74. The molecule has 4 fully saturated rings. The maximum Gasteiger partial charge on any atom is 0.0110 e. The molecule has 4 bridgehead atoms. The summed E-state index contributed by atoms with van der Waals surface area (Å²) in [5.74, 6) is 2.54. The number of hydrogen-bond acceptors (Lipinski definition) is 3. The summed E-state index contributed by atoms with van der Waals surface area (Å²) in [6, 6.07) is 0. The number of fused-ring (bicyclic) bond motifs is 1. The molecule has 0 amide bonds. The number of piperidine rings is 2. The molecule has 0 spiro atoms. The normalized spacial score (nSPS) is 48.7. The predicted molar refractivity (Wildman–Crippen MR) is 70.8 cm³/mol. The minimum absolute atomic E-state index is 0.525. The van der Waals surface area contributed by atoms with Crippen LogP contribution in [0.3, 0.4) is 0 Å². The van der Waals surface area contributed by atoms with Gasteiger partial charge >= 0.3 is 0 Å². The molecule has 0 aromatic carbocycles. The van der Waals surface area contributed by atoms with E-state index in [2.05, 4.69) is 23.6 Å². The van der Waals surface area contributed by atoms with Gasteiger partial charge in [0, 0.05) is 44.7 Å². The first-order chi connectivity index (χ1) is 8.15. The van der Waals surface area contributed by atoms with Gasteiger partial charge in [0.05, 0.1) is 0 Å². The lowest BCUT2D eigenvalue weighted by molar-refractivity contribution is -0.0887. The molecular formula is C14H27N3. The Morgan fingerprint density at radius 2 is 1.76 bits per heavy atom. The summed E-state index contributed by atoms with van der Waals surface area (Å²) < 4.78 is 0. The van der Waals surface area contributed by atoms with E-state index in [-0.39, 0.29) is 0 Å². The van der Waals surface area contributed by atoms with Gasteiger partial charge in [0.2, 0.25) is 0 Å². The van der Waals surface area contributed by atoms with Crippen molar-refractivity contribution < 1.29 is 0 Å². The average Bonchev–Trinajstić information content (AvgIpc) is 2.51. The minimum Gasteiger partial charge on any atom is -0.330 e. The largest absolute Gasteiger partial charge is 0.330 e. The molecule has 17 heavy (non-hydrogen) atoms. The quantitative estimate of drug-likeness (QED) is 0.790. The molecule has 0 saturated carbocycles. The van der Waals surface area contributed by atoms with Gasteiger partial charge in [-0.1, -0.05) is 13.8 Å². The van der Waals surface area contributed by atoms with Gasteiger partial charge < -0.3 is 15.5 Å². The van der Waals surface area contributed by atoms with Crippen LogP contribution in [0.1, 0.15) is 20.3 Å². The molecule has 98 valence electrons. The first kappa shape index (κ1) is 11.9. The predicted octanol–water partition coefficient (Wildman–Crippen LogP) is 0.855. The van der Waals surface area contributed by atoms with Gasteiger partial charge in [0.25, 0.3) is 0 Å². The average molecular weight is 237 g/mol. The Morgan fingerprint density at radius 3 is 2.24 bits per heavy atom. The molecule has 0 aliphatic carbocycles. The molecular weight excluding hydrogens is 210 g/mol. The zero-order valence-corrected chi connectivity index (χ0v) is 11.4. The van der Waals surface area contributed by atoms with Crippen LogP contribution in [0.25, 0.3) is 0 Å². The molecule has 4 aliphatic heterocycles. The zero-order valence-electron chi connectivity index (χ0n) is 11.4. The van der Waals surface area contributed by atoms with E-state index in [0.717, 1.165) is 24.3 Å². The van der Waals surface area contributed by atoms with E-state index in [1.165, 1.54) is 45.7 Å². The van der Waals surface area contributed by atoms with Crippen LogP contribution in [0.5, 0.6) is 0 Å². The third-order valence-electron chi connectivity index (χ3n) is 5.69. The molecule has 0 radical (unpaired) electrons. The molecule has 4 heterocycles. The van der Waals surface area contributed by atoms with E-state index in [4.69, 9.17) is 5.73 Å². The topological polar surface area (TPSA) is 32.5 Å². The highest BCUT2D eigenvalue weighted by molar-refractivity contribution is 5.06. The SMILES string of the molecule is CC(C)C12CN3CCN(CC(C3)C1CCN)C2. The van der Waals surface area contributed by atoms with Crippen LogP contribution in [0.15, 0.2) is 0 Å². The summed E-state index contributed by atoms with van der Waals surface area (Å²) in [7, 11) is 0. The van der Waals surface area contributed by atoms with Crippen LogP contribution in [0.2, 0.25) is 0 Å². The molecule has 2 N–H and O–H groups in total. The molecule has 3 heteroatoms. The van der Waals surface area contributed by atoms with Crippen molar-refractivity contribution in [1.29, 1.82) is 0 Å². The summed E-state index contributed by atoms with van der Waals surface area (Å²) in [6.45, 7) is 13.6. The summed E-state index contributed by atoms with van der Waals surface area (Å²) in [5, 5.41) is 0. The van der Waals surface area contributed by atoms with Crippen LogP contribution >= 0.6 is 0 Å². The maximum absolute atomic E-state index is 5.88. The smallest absolute Gasteiger partial charge is 0.0110 e. The Bertz CT molecular complexity index is 273. The molecule has 0 aromatic rings. The molecule has 3 unspecified atom stereocenters. The maximum atomic E-state index is 5.88. The van der Waals surface area contributed by atoms with Gasteiger partial charge in [-0.05, 0) is 30.7 Å². The Kier molecular flexibility index (Phi) is 2.96. The van der Waals surface area contributed by atoms with Gasteiger partial charge in [0.15, 0.2) is 0 Å². The Balaban J connectivity index is 1.95. The van der Waals surface area contributed by atoms with Crippen molar-refractivity contribution in [3.8, 4) is 0 Å². The standard InChI is InChI=1S/C14H27N3/c1-11(2)14-9-16-5-6-17(10-14)8-12(7-16)13(14)3-4-15/h11-13H,3-10,15H2,1-2H3. The van der Waals surface area contributed by atoms with E-state index in [1.54, 1.807) is 0 Å². The Morgan fingerprint density at radius 1 is 1.18 bits per heavy atom. The highest BCUT2D eigenvalue weighted by atomic mass is 15.3. The first-order valence-corrected chi connectivity index (χ1v) is 7.30. The van der Waals surface area contributed by atoms with Crippen molar-refractivity contribution >= 4 is 0 Å². The first-order valence-electron chi connectivity index (χ1n) is 7.30. The second kappa shape index (κ2) is 4.22. The highest BCUT2D eigenvalue weighted by Gasteiger charge is 2.54. The third-order valence-corrected chi connectivity index (χ3v) is 5.69. The fourth-order valence-electron chi connectivity index (χ4n) is 4.81. The van der Waals surface area contributed by atoms with Crippen LogP contribution < -0.4 is 5.73 Å². The summed E-state index contributed by atoms with van der Waals surface area (Å²) >= 11 is 0. The van der Waals surface area contributed by atoms with Crippen LogP contribution in [-0.4, -0.2) is 55.6 Å². The highest BCUT2D eigenvalue weighted by Crippen LogP contribution is 2.50. The van der Waals surface area contributed by atoms with Crippen LogP contribution in [-0.2, 0) is 0 Å². The molecule has 3 nitrogen and oxygen atoms in total. The van der Waals surface area contributed by atoms with E-state index in [9.17, 15) is 0 Å². The molecule has 4 saturated heterocycles. The van der Waals surface area contributed by atoms with Crippen LogP contribution in [0, 0.1) is 23.2 Å². The monoisotopic (exact) mass is 237 g/mol. The Labute approximate surface area is 105 Å². The minimum atomic E-state index is 0.525. The lowest BCUT2D eigenvalue weighted by Crippen LogP contribution is -2.62. The van der Waals surface area contributed by atoms with E-state index >= 15 is 0 Å². The summed E-state index contributed by atoms with van der Waals surface area (Å²) in [6.07, 6.45) is 1.24. The number of nitrogens with zero attached hydrogens (tertiary/aromatic N) is 2. The molecule has 4 rings (SSSR count). The van der Waals surface area contributed by atoms with Gasteiger partial charge in [0.1, 0.15) is 0 Å². The van der Waals surface area contributed by atoms with Crippen molar-refractivity contribution in [2.75, 3.05) is 45.8 Å². The number of nitrogens with two attached hydrogens (primary N) is 1. The van der Waals surface area contributed by atoms with Crippen molar-refractivity contribution in [2.45, 2.75) is 20.3 Å². The van der Waals surface area contributed by atoms with E-state index < -0.39 is 0 Å². The van der Waals surface area contributed by atoms with Crippen LogP contribution in [0.4, 0.5) is 0 Å². The van der Waals surface area contributed by atoms with Crippen molar-refractivity contribution in [3.05, 3.63) is 0 Å². The number of rotatable bonds is 3. The lowest BCUT2D eigenvalue weighted by atomic mass is 9.57. The van der Waals surface area contributed by atoms with Crippen molar-refractivity contribution in [2.24, 2.45) is 28.9 Å². The zero-order chi connectivity index (χ0) is 12.0. The second-order valence-corrected chi connectivity index (χ2v) is 6.80. The Hall–Kier alpha value is -0.120. The van der Waals surface area contributed by atoms with Gasteiger partial charge in [-0.2, -0.15) is 0 Å². The summed E-state index contributed by atoms with van der Waals surface area (Å²) in [5.41, 5.74) is 6.40. The second-order valence-electron chi connectivity index (χ2n) is 6.80. The van der Waals surface area contributed by atoms with Gasteiger partial charge in [-0.25, -0.2) is 0 Å². The van der Waals surface area contributed by atoms with Gasteiger partial charge in [-0.3, -0.25) is 0 Å². The van der Waals surface area contributed by atoms with E-state index in [0.29, 0.717) is 5.41 Å². The van der Waals surface area contributed by atoms with Gasteiger partial charge in [-0.15, -0.1) is 0 Å². The fourth-order valence-corrected chi connectivity index (χ4v) is 4.81. The van der Waals surface area contributed by atoms with E-state index in [1.807, 2.05) is 0 Å². The fraction of sp³-hybridized carbons (Fsp3) is 1.00. The molecule has 4 aliphatic rings. The lowest BCUT2D eigenvalue weighted by Gasteiger charge is -2.58. The summed E-state index contributed by atoms with van der Waals surface area (Å²) in [4.78, 5) is 5.45.